The first-order valence-corrected chi connectivity index (χ1v) is 9.40. The standard InChI is InChI=1S/C18H25N3O2S/c1-4-5-6-9-13(2)19-18(22)15-10-7-8-11-16(15)24-12-17-20-14(3)21-23-17/h7-8,10-11,13H,4-6,9,12H2,1-3H3,(H,19,22)/t13-/m1/s1. The maximum Gasteiger partial charge on any atom is 0.252 e. The first-order chi connectivity index (χ1) is 11.6. The van der Waals surface area contributed by atoms with Crippen LogP contribution in [0.15, 0.2) is 33.7 Å². The van der Waals surface area contributed by atoms with Crippen LogP contribution in [0, 0.1) is 6.92 Å². The van der Waals surface area contributed by atoms with E-state index >= 15 is 0 Å². The lowest BCUT2D eigenvalue weighted by molar-refractivity contribution is 0.0935. The van der Waals surface area contributed by atoms with Gasteiger partial charge in [0.2, 0.25) is 5.89 Å². The molecule has 0 saturated carbocycles. The van der Waals surface area contributed by atoms with Gasteiger partial charge in [-0.3, -0.25) is 4.79 Å². The van der Waals surface area contributed by atoms with Gasteiger partial charge in [0.1, 0.15) is 0 Å². The van der Waals surface area contributed by atoms with Gasteiger partial charge < -0.3 is 9.84 Å². The molecule has 24 heavy (non-hydrogen) atoms. The van der Waals surface area contributed by atoms with E-state index in [2.05, 4.69) is 29.3 Å². The van der Waals surface area contributed by atoms with Gasteiger partial charge in [0, 0.05) is 10.9 Å². The Labute approximate surface area is 147 Å². The summed E-state index contributed by atoms with van der Waals surface area (Å²) in [4.78, 5) is 17.7. The molecule has 1 atom stereocenters. The van der Waals surface area contributed by atoms with Crippen LogP contribution >= 0.6 is 11.8 Å². The Morgan fingerprint density at radius 3 is 2.83 bits per heavy atom. The molecule has 0 bridgehead atoms. The molecule has 0 saturated heterocycles. The molecule has 1 aromatic carbocycles. The summed E-state index contributed by atoms with van der Waals surface area (Å²) >= 11 is 1.53. The van der Waals surface area contributed by atoms with E-state index in [0.717, 1.165) is 17.7 Å². The Bertz CT molecular complexity index is 657. The summed E-state index contributed by atoms with van der Waals surface area (Å²) in [5.74, 6) is 1.72. The van der Waals surface area contributed by atoms with E-state index in [1.165, 1.54) is 24.6 Å². The third-order valence-corrected chi connectivity index (χ3v) is 4.73. The Balaban J connectivity index is 1.95. The fourth-order valence-electron chi connectivity index (χ4n) is 2.39. The summed E-state index contributed by atoms with van der Waals surface area (Å²) in [6.07, 6.45) is 4.55. The van der Waals surface area contributed by atoms with Gasteiger partial charge in [0.15, 0.2) is 5.82 Å². The Morgan fingerprint density at radius 1 is 1.33 bits per heavy atom. The maximum absolute atomic E-state index is 12.5. The third-order valence-electron chi connectivity index (χ3n) is 3.67. The average molecular weight is 347 g/mol. The molecule has 0 fully saturated rings. The second-order valence-corrected chi connectivity index (χ2v) is 6.91. The fraction of sp³-hybridized carbons (Fsp3) is 0.500. The summed E-state index contributed by atoms with van der Waals surface area (Å²) in [7, 11) is 0. The molecule has 130 valence electrons. The van der Waals surface area contributed by atoms with Crippen LogP contribution in [0.1, 0.15) is 61.6 Å². The van der Waals surface area contributed by atoms with Gasteiger partial charge in [-0.1, -0.05) is 43.5 Å². The summed E-state index contributed by atoms with van der Waals surface area (Å²) in [5.41, 5.74) is 0.695. The number of rotatable bonds is 9. The molecule has 1 heterocycles. The summed E-state index contributed by atoms with van der Waals surface area (Å²) in [6, 6.07) is 7.81. The van der Waals surface area contributed by atoms with Crippen molar-refractivity contribution >= 4 is 17.7 Å². The molecule has 1 amide bonds. The van der Waals surface area contributed by atoms with Crippen LogP contribution in [0.5, 0.6) is 0 Å². The van der Waals surface area contributed by atoms with Crippen molar-refractivity contribution in [2.24, 2.45) is 0 Å². The number of hydrogen-bond donors (Lipinski definition) is 1. The van der Waals surface area contributed by atoms with Gasteiger partial charge in [-0.25, -0.2) is 0 Å². The normalized spacial score (nSPS) is 12.1. The first kappa shape index (κ1) is 18.5. The van der Waals surface area contributed by atoms with Crippen molar-refractivity contribution in [2.75, 3.05) is 0 Å². The smallest absolute Gasteiger partial charge is 0.252 e. The summed E-state index contributed by atoms with van der Waals surface area (Å²) in [6.45, 7) is 6.03. The predicted molar refractivity (Wildman–Crippen MR) is 96.1 cm³/mol. The van der Waals surface area contributed by atoms with Crippen molar-refractivity contribution in [3.63, 3.8) is 0 Å². The fourth-order valence-corrected chi connectivity index (χ4v) is 3.28. The number of nitrogens with one attached hydrogen (secondary N) is 1. The van der Waals surface area contributed by atoms with Crippen LogP contribution in [-0.2, 0) is 5.75 Å². The van der Waals surface area contributed by atoms with E-state index in [-0.39, 0.29) is 11.9 Å². The van der Waals surface area contributed by atoms with Crippen LogP contribution in [0.4, 0.5) is 0 Å². The highest BCUT2D eigenvalue weighted by Crippen LogP contribution is 2.26. The Kier molecular flexibility index (Phi) is 7.31. The second kappa shape index (κ2) is 9.47. The van der Waals surface area contributed by atoms with Crippen LogP contribution in [0.25, 0.3) is 0 Å². The van der Waals surface area contributed by atoms with Gasteiger partial charge in [-0.05, 0) is 32.4 Å². The molecule has 1 N–H and O–H groups in total. The van der Waals surface area contributed by atoms with Crippen molar-refractivity contribution in [2.45, 2.75) is 63.1 Å². The zero-order chi connectivity index (χ0) is 17.4. The van der Waals surface area contributed by atoms with Gasteiger partial charge in [0.05, 0.1) is 11.3 Å². The number of carbonyl (C=O) groups is 1. The number of aryl methyl sites for hydroxylation is 1. The van der Waals surface area contributed by atoms with Crippen molar-refractivity contribution < 1.29 is 9.32 Å². The van der Waals surface area contributed by atoms with Crippen LogP contribution in [0.3, 0.4) is 0 Å². The lowest BCUT2D eigenvalue weighted by Gasteiger charge is -2.15. The molecule has 1 aromatic heterocycles. The minimum Gasteiger partial charge on any atom is -0.350 e. The number of nitrogens with zero attached hydrogens (tertiary/aromatic N) is 2. The van der Waals surface area contributed by atoms with Crippen molar-refractivity contribution in [1.82, 2.24) is 15.5 Å². The quantitative estimate of drug-likeness (QED) is 0.539. The highest BCUT2D eigenvalue weighted by atomic mass is 32.2. The summed E-state index contributed by atoms with van der Waals surface area (Å²) in [5, 5.41) is 6.88. The van der Waals surface area contributed by atoms with Crippen molar-refractivity contribution in [3.05, 3.63) is 41.5 Å². The molecule has 6 heteroatoms. The first-order valence-electron chi connectivity index (χ1n) is 8.42. The number of thioether (sulfide) groups is 1. The topological polar surface area (TPSA) is 68.0 Å². The Morgan fingerprint density at radius 2 is 2.12 bits per heavy atom. The van der Waals surface area contributed by atoms with E-state index in [0.29, 0.717) is 23.0 Å². The van der Waals surface area contributed by atoms with Crippen LogP contribution < -0.4 is 5.32 Å². The molecule has 0 aliphatic rings. The lowest BCUT2D eigenvalue weighted by Crippen LogP contribution is -2.32. The largest absolute Gasteiger partial charge is 0.350 e. The molecule has 0 aliphatic carbocycles. The van der Waals surface area contributed by atoms with E-state index in [4.69, 9.17) is 4.52 Å². The van der Waals surface area contributed by atoms with Crippen LogP contribution in [-0.4, -0.2) is 22.1 Å². The van der Waals surface area contributed by atoms with E-state index in [9.17, 15) is 4.79 Å². The Hall–Kier alpha value is -1.82. The zero-order valence-corrected chi connectivity index (χ0v) is 15.4. The van der Waals surface area contributed by atoms with Crippen LogP contribution in [0.2, 0.25) is 0 Å². The highest BCUT2D eigenvalue weighted by Gasteiger charge is 2.14. The molecular formula is C18H25N3O2S. The van der Waals surface area contributed by atoms with Gasteiger partial charge in [0.25, 0.3) is 5.91 Å². The number of hydrogen-bond acceptors (Lipinski definition) is 5. The zero-order valence-electron chi connectivity index (χ0n) is 14.5. The monoisotopic (exact) mass is 347 g/mol. The minimum absolute atomic E-state index is 0.0243. The molecule has 2 aromatic rings. The molecular weight excluding hydrogens is 322 g/mol. The molecule has 0 aliphatic heterocycles. The maximum atomic E-state index is 12.5. The van der Waals surface area contributed by atoms with E-state index in [1.807, 2.05) is 24.3 Å². The second-order valence-electron chi connectivity index (χ2n) is 5.89. The number of benzene rings is 1. The van der Waals surface area contributed by atoms with Gasteiger partial charge in [-0.2, -0.15) is 4.98 Å². The molecule has 0 radical (unpaired) electrons. The predicted octanol–water partition coefficient (Wildman–Crippen LogP) is 4.37. The number of aromatic nitrogens is 2. The number of amides is 1. The SMILES string of the molecule is CCCCC[C@@H](C)NC(=O)c1ccccc1SCc1nc(C)no1. The van der Waals surface area contributed by atoms with Crippen molar-refractivity contribution in [1.29, 1.82) is 0 Å². The minimum atomic E-state index is -0.0243. The third kappa shape index (κ3) is 5.67. The van der Waals surface area contributed by atoms with Gasteiger partial charge >= 0.3 is 0 Å². The number of unbranched alkanes of at least 4 members (excludes halogenated alkanes) is 2. The lowest BCUT2D eigenvalue weighted by atomic mass is 10.1. The molecule has 5 nitrogen and oxygen atoms in total. The molecule has 0 spiro atoms. The van der Waals surface area contributed by atoms with E-state index in [1.54, 1.807) is 6.92 Å². The highest BCUT2D eigenvalue weighted by molar-refractivity contribution is 7.98. The number of carbonyl (C=O) groups excluding carboxylic acids is 1. The van der Waals surface area contributed by atoms with Gasteiger partial charge in [-0.15, -0.1) is 11.8 Å². The average Bonchev–Trinajstić information content (AvgIpc) is 2.99. The molecule has 2 rings (SSSR count). The van der Waals surface area contributed by atoms with E-state index < -0.39 is 0 Å². The summed E-state index contributed by atoms with van der Waals surface area (Å²) < 4.78 is 5.12. The molecule has 0 unspecified atom stereocenters. The van der Waals surface area contributed by atoms with Crippen molar-refractivity contribution in [3.8, 4) is 0 Å².